The summed E-state index contributed by atoms with van der Waals surface area (Å²) in [4.78, 5) is 4.38. The molecule has 15 heavy (non-hydrogen) atoms. The number of aliphatic imine (C=N–C) groups is 1. The SMILES string of the molecule is CCCC(N)=Nc1ccccc1COC. The smallest absolute Gasteiger partial charge is 0.0996 e. The lowest BCUT2D eigenvalue weighted by atomic mass is 10.2. The quantitative estimate of drug-likeness (QED) is 0.594. The lowest BCUT2D eigenvalue weighted by molar-refractivity contribution is 0.185. The maximum atomic E-state index is 5.79. The summed E-state index contributed by atoms with van der Waals surface area (Å²) < 4.78 is 5.10. The summed E-state index contributed by atoms with van der Waals surface area (Å²) in [7, 11) is 1.68. The molecule has 0 aliphatic rings. The first-order chi connectivity index (χ1) is 7.27. The molecule has 1 rings (SSSR count). The summed E-state index contributed by atoms with van der Waals surface area (Å²) in [6.07, 6.45) is 1.85. The number of nitrogens with two attached hydrogens (primary N) is 1. The molecule has 0 spiro atoms. The number of methoxy groups -OCH3 is 1. The van der Waals surface area contributed by atoms with Gasteiger partial charge in [-0.1, -0.05) is 25.1 Å². The molecule has 0 aliphatic heterocycles. The average molecular weight is 206 g/mol. The first kappa shape index (κ1) is 11.7. The molecule has 0 aliphatic carbocycles. The molecule has 3 heteroatoms. The first-order valence-corrected chi connectivity index (χ1v) is 5.17. The number of amidine groups is 1. The Morgan fingerprint density at radius 3 is 2.80 bits per heavy atom. The molecule has 0 aromatic heterocycles. The highest BCUT2D eigenvalue weighted by Crippen LogP contribution is 2.19. The van der Waals surface area contributed by atoms with Crippen LogP contribution in [0.25, 0.3) is 0 Å². The van der Waals surface area contributed by atoms with Crippen molar-refractivity contribution in [1.29, 1.82) is 0 Å². The van der Waals surface area contributed by atoms with E-state index in [0.717, 1.165) is 24.1 Å². The molecule has 1 aromatic rings. The van der Waals surface area contributed by atoms with Crippen LogP contribution in [0.1, 0.15) is 25.3 Å². The summed E-state index contributed by atoms with van der Waals surface area (Å²) in [6, 6.07) is 7.89. The molecule has 0 fully saturated rings. The molecule has 0 bridgehead atoms. The van der Waals surface area contributed by atoms with Crippen LogP contribution < -0.4 is 5.73 Å². The zero-order chi connectivity index (χ0) is 11.1. The topological polar surface area (TPSA) is 47.6 Å². The Kier molecular flexibility index (Phi) is 4.84. The fraction of sp³-hybridized carbons (Fsp3) is 0.417. The highest BCUT2D eigenvalue weighted by Gasteiger charge is 2.00. The van der Waals surface area contributed by atoms with Crippen LogP contribution in [0, 0.1) is 0 Å². The van der Waals surface area contributed by atoms with E-state index in [2.05, 4.69) is 11.9 Å². The standard InChI is InChI=1S/C12H18N2O/c1-3-6-12(13)14-11-8-5-4-7-10(11)9-15-2/h4-5,7-8H,3,6,9H2,1-2H3,(H2,13,14). The van der Waals surface area contributed by atoms with Crippen molar-refractivity contribution in [3.63, 3.8) is 0 Å². The van der Waals surface area contributed by atoms with Crippen molar-refractivity contribution >= 4 is 11.5 Å². The fourth-order valence-electron chi connectivity index (χ4n) is 1.36. The van der Waals surface area contributed by atoms with Gasteiger partial charge in [-0.2, -0.15) is 0 Å². The van der Waals surface area contributed by atoms with Crippen LogP contribution in [0.3, 0.4) is 0 Å². The minimum atomic E-state index is 0.569. The van der Waals surface area contributed by atoms with Gasteiger partial charge < -0.3 is 10.5 Å². The van der Waals surface area contributed by atoms with Crippen LogP contribution in [0.2, 0.25) is 0 Å². The van der Waals surface area contributed by atoms with E-state index in [1.807, 2.05) is 24.3 Å². The van der Waals surface area contributed by atoms with Crippen molar-refractivity contribution < 1.29 is 4.74 Å². The summed E-state index contributed by atoms with van der Waals surface area (Å²) in [5.74, 6) is 0.682. The lowest BCUT2D eigenvalue weighted by Crippen LogP contribution is -2.10. The predicted molar refractivity (Wildman–Crippen MR) is 63.3 cm³/mol. The van der Waals surface area contributed by atoms with Crippen molar-refractivity contribution in [3.8, 4) is 0 Å². The van der Waals surface area contributed by atoms with Gasteiger partial charge in [0, 0.05) is 19.1 Å². The molecule has 0 saturated heterocycles. The van der Waals surface area contributed by atoms with Crippen molar-refractivity contribution in [2.75, 3.05) is 7.11 Å². The molecule has 0 saturated carbocycles. The summed E-state index contributed by atoms with van der Waals surface area (Å²) >= 11 is 0. The number of ether oxygens (including phenoxy) is 1. The maximum absolute atomic E-state index is 5.79. The molecular formula is C12H18N2O. The highest BCUT2D eigenvalue weighted by molar-refractivity contribution is 5.83. The van der Waals surface area contributed by atoms with E-state index < -0.39 is 0 Å². The van der Waals surface area contributed by atoms with Crippen LogP contribution in [0.15, 0.2) is 29.3 Å². The van der Waals surface area contributed by atoms with Crippen molar-refractivity contribution in [3.05, 3.63) is 29.8 Å². The third-order valence-corrected chi connectivity index (χ3v) is 2.06. The Bertz CT molecular complexity index is 334. The van der Waals surface area contributed by atoms with E-state index in [-0.39, 0.29) is 0 Å². The molecule has 0 amide bonds. The number of hydrogen-bond donors (Lipinski definition) is 1. The third kappa shape index (κ3) is 3.72. The van der Waals surface area contributed by atoms with E-state index in [4.69, 9.17) is 10.5 Å². The molecule has 82 valence electrons. The van der Waals surface area contributed by atoms with Gasteiger partial charge in [0.15, 0.2) is 0 Å². The van der Waals surface area contributed by atoms with E-state index in [9.17, 15) is 0 Å². The van der Waals surface area contributed by atoms with E-state index in [0.29, 0.717) is 12.4 Å². The van der Waals surface area contributed by atoms with Gasteiger partial charge in [-0.3, -0.25) is 0 Å². The van der Waals surface area contributed by atoms with Gasteiger partial charge in [-0.15, -0.1) is 0 Å². The molecule has 0 heterocycles. The van der Waals surface area contributed by atoms with Gasteiger partial charge in [-0.05, 0) is 12.5 Å². The van der Waals surface area contributed by atoms with E-state index >= 15 is 0 Å². The van der Waals surface area contributed by atoms with Gasteiger partial charge in [-0.25, -0.2) is 4.99 Å². The summed E-state index contributed by atoms with van der Waals surface area (Å²) in [6.45, 7) is 2.66. The van der Waals surface area contributed by atoms with E-state index in [1.165, 1.54) is 0 Å². The molecule has 3 nitrogen and oxygen atoms in total. The minimum Gasteiger partial charge on any atom is -0.387 e. The summed E-state index contributed by atoms with van der Waals surface area (Å²) in [5.41, 5.74) is 7.77. The van der Waals surface area contributed by atoms with Crippen LogP contribution in [-0.4, -0.2) is 12.9 Å². The highest BCUT2D eigenvalue weighted by atomic mass is 16.5. The van der Waals surface area contributed by atoms with Crippen LogP contribution in [0.5, 0.6) is 0 Å². The second kappa shape index (κ2) is 6.19. The lowest BCUT2D eigenvalue weighted by Gasteiger charge is -2.05. The Balaban J connectivity index is 2.87. The molecule has 0 unspecified atom stereocenters. The average Bonchev–Trinajstić information content (AvgIpc) is 2.21. The molecule has 1 aromatic carbocycles. The Morgan fingerprint density at radius 1 is 1.40 bits per heavy atom. The monoisotopic (exact) mass is 206 g/mol. The third-order valence-electron chi connectivity index (χ3n) is 2.06. The van der Waals surface area contributed by atoms with Crippen LogP contribution in [0.4, 0.5) is 5.69 Å². The zero-order valence-electron chi connectivity index (χ0n) is 9.36. The van der Waals surface area contributed by atoms with Gasteiger partial charge in [0.2, 0.25) is 0 Å². The van der Waals surface area contributed by atoms with Crippen molar-refractivity contribution in [2.24, 2.45) is 10.7 Å². The molecule has 0 atom stereocenters. The molecule has 0 radical (unpaired) electrons. The maximum Gasteiger partial charge on any atom is 0.0996 e. The Hall–Kier alpha value is -1.35. The Labute approximate surface area is 91.0 Å². The number of para-hydroxylation sites is 1. The number of rotatable bonds is 5. The molecular weight excluding hydrogens is 188 g/mol. The molecule has 2 N–H and O–H groups in total. The first-order valence-electron chi connectivity index (χ1n) is 5.17. The van der Waals surface area contributed by atoms with Crippen molar-refractivity contribution in [2.45, 2.75) is 26.4 Å². The zero-order valence-corrected chi connectivity index (χ0v) is 9.36. The second-order valence-electron chi connectivity index (χ2n) is 3.41. The second-order valence-corrected chi connectivity index (χ2v) is 3.41. The largest absolute Gasteiger partial charge is 0.387 e. The van der Waals surface area contributed by atoms with Gasteiger partial charge >= 0.3 is 0 Å². The van der Waals surface area contributed by atoms with Crippen molar-refractivity contribution in [1.82, 2.24) is 0 Å². The minimum absolute atomic E-state index is 0.569. The fourth-order valence-corrected chi connectivity index (χ4v) is 1.36. The Morgan fingerprint density at radius 2 is 2.13 bits per heavy atom. The van der Waals surface area contributed by atoms with Crippen LogP contribution in [-0.2, 0) is 11.3 Å². The van der Waals surface area contributed by atoms with Gasteiger partial charge in [0.1, 0.15) is 0 Å². The number of benzene rings is 1. The van der Waals surface area contributed by atoms with Gasteiger partial charge in [0.25, 0.3) is 0 Å². The normalized spacial score (nSPS) is 11.7. The van der Waals surface area contributed by atoms with Gasteiger partial charge in [0.05, 0.1) is 18.1 Å². The van der Waals surface area contributed by atoms with E-state index in [1.54, 1.807) is 7.11 Å². The number of hydrogen-bond acceptors (Lipinski definition) is 2. The summed E-state index contributed by atoms with van der Waals surface area (Å²) in [5, 5.41) is 0. The number of nitrogens with zero attached hydrogens (tertiary/aromatic N) is 1. The van der Waals surface area contributed by atoms with Crippen LogP contribution >= 0.6 is 0 Å². The predicted octanol–water partition coefficient (Wildman–Crippen LogP) is 2.62.